The molecule has 0 saturated heterocycles. The van der Waals surface area contributed by atoms with Gasteiger partial charge in [0.2, 0.25) is 0 Å². The number of rotatable bonds is 8. The van der Waals surface area contributed by atoms with Crippen molar-refractivity contribution in [3.8, 4) is 11.1 Å². The van der Waals surface area contributed by atoms with E-state index in [9.17, 15) is 14.7 Å². The molecule has 144 valence electrons. The lowest BCUT2D eigenvalue weighted by Crippen LogP contribution is -2.43. The van der Waals surface area contributed by atoms with E-state index in [-0.39, 0.29) is 0 Å². The molecule has 6 heteroatoms. The molecule has 0 aliphatic rings. The van der Waals surface area contributed by atoms with Crippen molar-refractivity contribution in [3.63, 3.8) is 0 Å². The lowest BCUT2D eigenvalue weighted by atomic mass is 9.95. The summed E-state index contributed by atoms with van der Waals surface area (Å²) in [5, 5.41) is 11.7. The van der Waals surface area contributed by atoms with E-state index < -0.39 is 23.7 Å². The van der Waals surface area contributed by atoms with Gasteiger partial charge in [-0.05, 0) is 49.0 Å². The second-order valence-electron chi connectivity index (χ2n) is 6.66. The SMILES string of the molecule is CSCC[C@@H](NC(=O)OC(C)(C)c1ccc(-c2ccccc2)cc1)C(=O)O. The minimum atomic E-state index is -1.06. The topological polar surface area (TPSA) is 75.6 Å². The third kappa shape index (κ3) is 6.03. The highest BCUT2D eigenvalue weighted by atomic mass is 32.2. The molecule has 0 aliphatic carbocycles. The van der Waals surface area contributed by atoms with Crippen molar-refractivity contribution in [2.24, 2.45) is 0 Å². The molecule has 0 radical (unpaired) electrons. The Kier molecular flexibility index (Phi) is 7.30. The molecule has 0 fully saturated rings. The fraction of sp³-hybridized carbons (Fsp3) is 0.333. The van der Waals surface area contributed by atoms with Gasteiger partial charge in [0.25, 0.3) is 0 Å². The quantitative estimate of drug-likeness (QED) is 0.696. The van der Waals surface area contributed by atoms with Gasteiger partial charge in [-0.1, -0.05) is 54.6 Å². The monoisotopic (exact) mass is 387 g/mol. The number of carboxylic acids is 1. The van der Waals surface area contributed by atoms with Crippen LogP contribution in [0, 0.1) is 0 Å². The Balaban J connectivity index is 2.04. The van der Waals surface area contributed by atoms with Gasteiger partial charge in [-0.25, -0.2) is 9.59 Å². The summed E-state index contributed by atoms with van der Waals surface area (Å²) in [6.45, 7) is 3.56. The van der Waals surface area contributed by atoms with Crippen molar-refractivity contribution in [1.82, 2.24) is 5.32 Å². The third-order valence-electron chi connectivity index (χ3n) is 4.24. The highest BCUT2D eigenvalue weighted by Crippen LogP contribution is 2.28. The largest absolute Gasteiger partial charge is 0.480 e. The number of benzene rings is 2. The van der Waals surface area contributed by atoms with Crippen LogP contribution in [0.25, 0.3) is 11.1 Å². The Hall–Kier alpha value is -2.47. The van der Waals surface area contributed by atoms with Crippen molar-refractivity contribution in [3.05, 3.63) is 60.2 Å². The first-order valence-electron chi connectivity index (χ1n) is 8.70. The standard InChI is InChI=1S/C21H25NO4S/c1-21(2,26-20(25)22-18(19(23)24)13-14-27-3)17-11-9-16(10-12-17)15-7-5-4-6-8-15/h4-12,18H,13-14H2,1-3H3,(H,22,25)(H,23,24)/t18-/m1/s1. The first kappa shape index (κ1) is 20.8. The maximum atomic E-state index is 12.2. The second kappa shape index (κ2) is 9.46. The Morgan fingerprint density at radius 1 is 1.07 bits per heavy atom. The molecule has 5 nitrogen and oxygen atoms in total. The minimum absolute atomic E-state index is 0.345. The van der Waals surface area contributed by atoms with E-state index in [4.69, 9.17) is 4.74 Å². The van der Waals surface area contributed by atoms with Gasteiger partial charge in [-0.3, -0.25) is 0 Å². The van der Waals surface area contributed by atoms with Crippen molar-refractivity contribution in [2.75, 3.05) is 12.0 Å². The highest BCUT2D eigenvalue weighted by molar-refractivity contribution is 7.98. The van der Waals surface area contributed by atoms with Crippen molar-refractivity contribution >= 4 is 23.8 Å². The normalized spacial score (nSPS) is 12.3. The number of ether oxygens (including phenoxy) is 1. The van der Waals surface area contributed by atoms with E-state index in [1.54, 1.807) is 13.8 Å². The zero-order valence-electron chi connectivity index (χ0n) is 15.8. The van der Waals surface area contributed by atoms with Crippen LogP contribution in [0.2, 0.25) is 0 Å². The van der Waals surface area contributed by atoms with Crippen LogP contribution in [0.1, 0.15) is 25.8 Å². The summed E-state index contributed by atoms with van der Waals surface area (Å²) < 4.78 is 5.51. The Labute approximate surface area is 164 Å². The van der Waals surface area contributed by atoms with Crippen LogP contribution in [0.4, 0.5) is 4.79 Å². The number of carbonyl (C=O) groups excluding carboxylic acids is 1. The molecule has 2 rings (SSSR count). The van der Waals surface area contributed by atoms with E-state index in [0.717, 1.165) is 16.7 Å². The molecule has 2 aromatic carbocycles. The maximum absolute atomic E-state index is 12.2. The van der Waals surface area contributed by atoms with Crippen LogP contribution < -0.4 is 5.32 Å². The number of nitrogens with one attached hydrogen (secondary N) is 1. The molecule has 1 atom stereocenters. The summed E-state index contributed by atoms with van der Waals surface area (Å²) in [7, 11) is 0. The summed E-state index contributed by atoms with van der Waals surface area (Å²) >= 11 is 1.53. The fourth-order valence-electron chi connectivity index (χ4n) is 2.65. The molecule has 0 aromatic heterocycles. The zero-order valence-corrected chi connectivity index (χ0v) is 16.6. The lowest BCUT2D eigenvalue weighted by Gasteiger charge is -2.27. The van der Waals surface area contributed by atoms with Crippen molar-refractivity contribution < 1.29 is 19.4 Å². The first-order valence-corrected chi connectivity index (χ1v) is 10.1. The van der Waals surface area contributed by atoms with Gasteiger partial charge in [0.05, 0.1) is 0 Å². The van der Waals surface area contributed by atoms with E-state index >= 15 is 0 Å². The fourth-order valence-corrected chi connectivity index (χ4v) is 3.12. The number of carbonyl (C=O) groups is 2. The Morgan fingerprint density at radius 3 is 2.22 bits per heavy atom. The van der Waals surface area contributed by atoms with Crippen molar-refractivity contribution in [1.29, 1.82) is 0 Å². The third-order valence-corrected chi connectivity index (χ3v) is 4.88. The average Bonchev–Trinajstić information content (AvgIpc) is 2.65. The van der Waals surface area contributed by atoms with Gasteiger partial charge in [0.15, 0.2) is 0 Å². The molecule has 0 unspecified atom stereocenters. The van der Waals surface area contributed by atoms with Crippen LogP contribution in [0.15, 0.2) is 54.6 Å². The van der Waals surface area contributed by atoms with E-state index in [0.29, 0.717) is 12.2 Å². The minimum Gasteiger partial charge on any atom is -0.480 e. The summed E-state index contributed by atoms with van der Waals surface area (Å²) in [5.74, 6) is -0.423. The van der Waals surface area contributed by atoms with E-state index in [2.05, 4.69) is 5.32 Å². The number of amides is 1. The molecule has 1 amide bonds. The highest BCUT2D eigenvalue weighted by Gasteiger charge is 2.28. The Morgan fingerprint density at radius 2 is 1.67 bits per heavy atom. The average molecular weight is 388 g/mol. The molecule has 0 aliphatic heterocycles. The number of thioether (sulfide) groups is 1. The second-order valence-corrected chi connectivity index (χ2v) is 7.65. The molecule has 2 aromatic rings. The number of carboxylic acid groups (broad SMARTS) is 1. The van der Waals surface area contributed by atoms with Gasteiger partial charge in [0, 0.05) is 0 Å². The summed E-state index contributed by atoms with van der Waals surface area (Å²) in [6.07, 6.45) is 1.50. The predicted octanol–water partition coefficient (Wildman–Crippen LogP) is 4.52. The van der Waals surface area contributed by atoms with Gasteiger partial charge in [-0.15, -0.1) is 0 Å². The van der Waals surface area contributed by atoms with Crippen molar-refractivity contribution in [2.45, 2.75) is 31.9 Å². The summed E-state index contributed by atoms with van der Waals surface area (Å²) in [5.41, 5.74) is 2.12. The molecular weight excluding hydrogens is 362 g/mol. The molecule has 27 heavy (non-hydrogen) atoms. The van der Waals surface area contributed by atoms with Gasteiger partial charge >= 0.3 is 12.1 Å². The maximum Gasteiger partial charge on any atom is 0.408 e. The van der Waals surface area contributed by atoms with Gasteiger partial charge in [-0.2, -0.15) is 11.8 Å². The van der Waals surface area contributed by atoms with Crippen LogP contribution >= 0.6 is 11.8 Å². The molecule has 2 N–H and O–H groups in total. The lowest BCUT2D eigenvalue weighted by molar-refractivity contribution is -0.139. The van der Waals surface area contributed by atoms with E-state index in [1.165, 1.54) is 11.8 Å². The number of aliphatic carboxylic acids is 1. The summed E-state index contributed by atoms with van der Waals surface area (Å²) in [6, 6.07) is 16.8. The Bertz CT molecular complexity index is 760. The van der Waals surface area contributed by atoms with Crippen LogP contribution in [0.5, 0.6) is 0 Å². The van der Waals surface area contributed by atoms with E-state index in [1.807, 2.05) is 60.9 Å². The predicted molar refractivity (Wildman–Crippen MR) is 109 cm³/mol. The molecular formula is C21H25NO4S. The van der Waals surface area contributed by atoms with Gasteiger partial charge in [0.1, 0.15) is 11.6 Å². The summed E-state index contributed by atoms with van der Waals surface area (Å²) in [4.78, 5) is 23.5. The smallest absolute Gasteiger partial charge is 0.408 e. The molecule has 0 heterocycles. The van der Waals surface area contributed by atoms with Gasteiger partial charge < -0.3 is 15.2 Å². The van der Waals surface area contributed by atoms with Crippen LogP contribution in [-0.4, -0.2) is 35.2 Å². The van der Waals surface area contributed by atoms with Crippen LogP contribution in [-0.2, 0) is 15.1 Å². The molecule has 0 saturated carbocycles. The van der Waals surface area contributed by atoms with Crippen LogP contribution in [0.3, 0.4) is 0 Å². The number of hydrogen-bond acceptors (Lipinski definition) is 4. The molecule has 0 spiro atoms. The first-order chi connectivity index (χ1) is 12.8. The number of alkyl carbamates (subject to hydrolysis) is 1. The zero-order chi connectivity index (χ0) is 19.9. The number of hydrogen-bond donors (Lipinski definition) is 2. The molecule has 0 bridgehead atoms.